The largest absolute Gasteiger partial charge is 0.368 e. The predicted molar refractivity (Wildman–Crippen MR) is 64.4 cm³/mol. The fourth-order valence-corrected chi connectivity index (χ4v) is 3.81. The molecule has 0 spiro atoms. The van der Waals surface area contributed by atoms with Crippen molar-refractivity contribution in [1.29, 1.82) is 5.26 Å². The summed E-state index contributed by atoms with van der Waals surface area (Å²) in [6.07, 6.45) is 3.77. The Labute approximate surface area is 101 Å². The van der Waals surface area contributed by atoms with Gasteiger partial charge in [0.05, 0.1) is 29.0 Å². The van der Waals surface area contributed by atoms with Crippen LogP contribution in [-0.4, -0.2) is 38.0 Å². The minimum absolute atomic E-state index is 0.0590. The number of nitriles is 1. The monoisotopic (exact) mass is 251 g/mol. The summed E-state index contributed by atoms with van der Waals surface area (Å²) in [7, 11) is -1.10. The quantitative estimate of drug-likeness (QED) is 0.768. The molecule has 1 aliphatic heterocycles. The molecule has 6 heteroatoms. The van der Waals surface area contributed by atoms with Crippen LogP contribution in [0.5, 0.6) is 0 Å². The van der Waals surface area contributed by atoms with Gasteiger partial charge in [-0.1, -0.05) is 0 Å². The summed E-state index contributed by atoms with van der Waals surface area (Å²) in [5.41, 5.74) is 1.21. The van der Waals surface area contributed by atoms with E-state index in [2.05, 4.69) is 11.1 Å². The highest BCUT2D eigenvalue weighted by Crippen LogP contribution is 2.24. The molecule has 0 radical (unpaired) electrons. The van der Waals surface area contributed by atoms with Gasteiger partial charge < -0.3 is 4.90 Å². The van der Waals surface area contributed by atoms with Gasteiger partial charge in [-0.15, -0.1) is 0 Å². The standard InChI is InChI=1S/C11H13N3O2S/c1-14(10-3-5-17(15,16)8-10)11-7-13-4-2-9(11)6-12/h2,4,7,10H,3,5,8H2,1H3. The minimum Gasteiger partial charge on any atom is -0.368 e. The number of hydrogen-bond donors (Lipinski definition) is 0. The summed E-state index contributed by atoms with van der Waals surface area (Å²) in [6, 6.07) is 3.66. The van der Waals surface area contributed by atoms with Gasteiger partial charge in [-0.25, -0.2) is 8.42 Å². The van der Waals surface area contributed by atoms with Crippen LogP contribution in [0.1, 0.15) is 12.0 Å². The second-order valence-corrected chi connectivity index (χ2v) is 6.40. The van der Waals surface area contributed by atoms with Crippen molar-refractivity contribution in [2.45, 2.75) is 12.5 Å². The van der Waals surface area contributed by atoms with Gasteiger partial charge in [0.25, 0.3) is 0 Å². The first kappa shape index (κ1) is 11.9. The maximum Gasteiger partial charge on any atom is 0.152 e. The second kappa shape index (κ2) is 4.34. The Bertz CT molecular complexity index is 562. The van der Waals surface area contributed by atoms with Gasteiger partial charge in [0.1, 0.15) is 6.07 Å². The summed E-state index contributed by atoms with van der Waals surface area (Å²) >= 11 is 0. The number of anilines is 1. The van der Waals surface area contributed by atoms with Crippen molar-refractivity contribution in [1.82, 2.24) is 4.98 Å². The molecule has 0 saturated carbocycles. The third-order valence-corrected chi connectivity index (χ3v) is 4.81. The normalized spacial score (nSPS) is 22.0. The van der Waals surface area contributed by atoms with Crippen LogP contribution in [-0.2, 0) is 9.84 Å². The zero-order valence-corrected chi connectivity index (χ0v) is 10.3. The van der Waals surface area contributed by atoms with E-state index in [9.17, 15) is 8.42 Å². The molecule has 1 aromatic heterocycles. The highest BCUT2D eigenvalue weighted by Gasteiger charge is 2.31. The smallest absolute Gasteiger partial charge is 0.152 e. The van der Waals surface area contributed by atoms with Gasteiger partial charge in [-0.3, -0.25) is 4.98 Å². The third-order valence-electron chi connectivity index (χ3n) is 3.06. The van der Waals surface area contributed by atoms with E-state index in [1.807, 2.05) is 11.9 Å². The summed E-state index contributed by atoms with van der Waals surface area (Å²) in [5.74, 6) is 0.382. The van der Waals surface area contributed by atoms with Crippen molar-refractivity contribution < 1.29 is 8.42 Å². The van der Waals surface area contributed by atoms with E-state index in [1.165, 1.54) is 0 Å². The van der Waals surface area contributed by atoms with Gasteiger partial charge >= 0.3 is 0 Å². The molecule has 1 saturated heterocycles. The number of pyridine rings is 1. The van der Waals surface area contributed by atoms with Gasteiger partial charge in [-0.2, -0.15) is 5.26 Å². The lowest BCUT2D eigenvalue weighted by Gasteiger charge is -2.25. The van der Waals surface area contributed by atoms with E-state index in [4.69, 9.17) is 5.26 Å². The van der Waals surface area contributed by atoms with E-state index in [1.54, 1.807) is 18.5 Å². The van der Waals surface area contributed by atoms with Crippen LogP contribution < -0.4 is 4.90 Å². The van der Waals surface area contributed by atoms with Gasteiger partial charge in [-0.05, 0) is 12.5 Å². The molecule has 2 rings (SSSR count). The van der Waals surface area contributed by atoms with Crippen LogP contribution in [0.4, 0.5) is 5.69 Å². The van der Waals surface area contributed by atoms with Gasteiger partial charge in [0.2, 0.25) is 0 Å². The highest BCUT2D eigenvalue weighted by atomic mass is 32.2. The summed E-state index contributed by atoms with van der Waals surface area (Å²) in [5, 5.41) is 8.99. The summed E-state index contributed by atoms with van der Waals surface area (Å²) < 4.78 is 22.8. The van der Waals surface area contributed by atoms with E-state index in [-0.39, 0.29) is 17.5 Å². The Morgan fingerprint density at radius 1 is 1.59 bits per heavy atom. The predicted octanol–water partition coefficient (Wildman–Crippen LogP) is 0.577. The van der Waals surface area contributed by atoms with Gasteiger partial charge in [0, 0.05) is 19.3 Å². The SMILES string of the molecule is CN(c1cnccc1C#N)C1CCS(=O)(=O)C1. The van der Waals surface area contributed by atoms with Crippen molar-refractivity contribution in [2.75, 3.05) is 23.5 Å². The molecule has 0 bridgehead atoms. The van der Waals surface area contributed by atoms with E-state index < -0.39 is 9.84 Å². The molecule has 5 nitrogen and oxygen atoms in total. The number of aromatic nitrogens is 1. The zero-order valence-electron chi connectivity index (χ0n) is 9.50. The Morgan fingerprint density at radius 2 is 2.35 bits per heavy atom. The Morgan fingerprint density at radius 3 is 2.94 bits per heavy atom. The lowest BCUT2D eigenvalue weighted by atomic mass is 10.1. The highest BCUT2D eigenvalue weighted by molar-refractivity contribution is 7.91. The fraction of sp³-hybridized carbons (Fsp3) is 0.455. The Kier molecular flexibility index (Phi) is 3.03. The molecule has 0 amide bonds. The molecule has 1 aromatic rings. The summed E-state index contributed by atoms with van der Waals surface area (Å²) in [4.78, 5) is 5.82. The van der Waals surface area contributed by atoms with Crippen molar-refractivity contribution in [3.05, 3.63) is 24.0 Å². The van der Waals surface area contributed by atoms with E-state index in [0.717, 1.165) is 0 Å². The average Bonchev–Trinajstić information content (AvgIpc) is 2.68. The van der Waals surface area contributed by atoms with E-state index >= 15 is 0 Å². The first-order chi connectivity index (χ1) is 8.03. The third kappa shape index (κ3) is 2.39. The van der Waals surface area contributed by atoms with Crippen molar-refractivity contribution in [3.8, 4) is 6.07 Å². The van der Waals surface area contributed by atoms with Crippen molar-refractivity contribution >= 4 is 15.5 Å². The van der Waals surface area contributed by atoms with Crippen LogP contribution in [0.2, 0.25) is 0 Å². The molecule has 1 unspecified atom stereocenters. The molecule has 0 N–H and O–H groups in total. The first-order valence-electron chi connectivity index (χ1n) is 5.31. The fourth-order valence-electron chi connectivity index (χ4n) is 2.04. The number of sulfone groups is 1. The molecule has 1 aliphatic rings. The van der Waals surface area contributed by atoms with Crippen LogP contribution in [0, 0.1) is 11.3 Å². The molecular formula is C11H13N3O2S. The number of nitrogens with zero attached hydrogens (tertiary/aromatic N) is 3. The molecule has 0 aliphatic carbocycles. The molecule has 0 aromatic carbocycles. The molecule has 17 heavy (non-hydrogen) atoms. The Balaban J connectivity index is 2.27. The van der Waals surface area contributed by atoms with Crippen molar-refractivity contribution in [3.63, 3.8) is 0 Å². The number of hydrogen-bond acceptors (Lipinski definition) is 5. The lowest BCUT2D eigenvalue weighted by Crippen LogP contribution is -2.33. The maximum atomic E-state index is 11.4. The topological polar surface area (TPSA) is 74.1 Å². The summed E-state index contributed by atoms with van der Waals surface area (Å²) in [6.45, 7) is 0. The van der Waals surface area contributed by atoms with Crippen LogP contribution in [0.15, 0.2) is 18.5 Å². The Hall–Kier alpha value is -1.61. The van der Waals surface area contributed by atoms with Crippen LogP contribution in [0.25, 0.3) is 0 Å². The molecule has 90 valence electrons. The van der Waals surface area contributed by atoms with Gasteiger partial charge in [0.15, 0.2) is 9.84 Å². The van der Waals surface area contributed by atoms with Crippen LogP contribution in [0.3, 0.4) is 0 Å². The average molecular weight is 251 g/mol. The molecular weight excluding hydrogens is 238 g/mol. The van der Waals surface area contributed by atoms with Crippen molar-refractivity contribution in [2.24, 2.45) is 0 Å². The molecule has 2 heterocycles. The zero-order chi connectivity index (χ0) is 12.5. The van der Waals surface area contributed by atoms with Crippen LogP contribution >= 0.6 is 0 Å². The second-order valence-electron chi connectivity index (χ2n) is 4.17. The molecule has 1 fully saturated rings. The molecule has 1 atom stereocenters. The lowest BCUT2D eigenvalue weighted by molar-refractivity contribution is 0.601. The number of rotatable bonds is 2. The maximum absolute atomic E-state index is 11.4. The van der Waals surface area contributed by atoms with E-state index in [0.29, 0.717) is 17.7 Å². The minimum atomic E-state index is -2.91. The first-order valence-corrected chi connectivity index (χ1v) is 7.13.